The fourth-order valence-corrected chi connectivity index (χ4v) is 4.31. The van der Waals surface area contributed by atoms with Crippen molar-refractivity contribution >= 4 is 5.69 Å². The number of hydrogen-bond donors (Lipinski definition) is 1. The molecular formula is C16H28N4. The lowest BCUT2D eigenvalue weighted by Gasteiger charge is -2.41. The monoisotopic (exact) mass is 276 g/mol. The maximum Gasteiger partial charge on any atom is 0.0853 e. The molecule has 1 aromatic heterocycles. The number of nitrogens with zero attached hydrogens (tertiary/aromatic N) is 3. The molecule has 112 valence electrons. The summed E-state index contributed by atoms with van der Waals surface area (Å²) in [6.07, 6.45) is 8.47. The summed E-state index contributed by atoms with van der Waals surface area (Å²) in [5.74, 6) is 0. The van der Waals surface area contributed by atoms with Crippen LogP contribution in [0.4, 0.5) is 5.69 Å². The number of rotatable bonds is 4. The Morgan fingerprint density at radius 3 is 2.50 bits per heavy atom. The third-order valence-corrected chi connectivity index (χ3v) is 4.99. The highest BCUT2D eigenvalue weighted by Crippen LogP contribution is 2.38. The fourth-order valence-electron chi connectivity index (χ4n) is 4.31. The van der Waals surface area contributed by atoms with Crippen molar-refractivity contribution in [2.24, 2.45) is 7.05 Å². The van der Waals surface area contributed by atoms with Crippen LogP contribution in [0.5, 0.6) is 0 Å². The number of nitrogens with one attached hydrogen (secondary N) is 1. The van der Waals surface area contributed by atoms with Crippen LogP contribution in [0, 0.1) is 0 Å². The van der Waals surface area contributed by atoms with Gasteiger partial charge in [0.2, 0.25) is 0 Å². The molecular weight excluding hydrogens is 248 g/mol. The summed E-state index contributed by atoms with van der Waals surface area (Å²) >= 11 is 0. The summed E-state index contributed by atoms with van der Waals surface area (Å²) in [6, 6.07) is 2.89. The minimum Gasteiger partial charge on any atom is -0.379 e. The molecule has 0 aromatic carbocycles. The second-order valence-corrected chi connectivity index (χ2v) is 6.76. The number of fused-ring (bicyclic) bond motifs is 2. The Balaban J connectivity index is 1.69. The molecule has 3 heterocycles. The van der Waals surface area contributed by atoms with Gasteiger partial charge in [0.05, 0.1) is 11.4 Å². The zero-order valence-corrected chi connectivity index (χ0v) is 13.3. The molecule has 2 aliphatic rings. The molecule has 2 atom stereocenters. The quantitative estimate of drug-likeness (QED) is 0.918. The number of hydrogen-bond acceptors (Lipinski definition) is 3. The molecule has 4 nitrogen and oxygen atoms in total. The van der Waals surface area contributed by atoms with Crippen LogP contribution in [0.2, 0.25) is 0 Å². The van der Waals surface area contributed by atoms with Gasteiger partial charge in [-0.15, -0.1) is 0 Å². The van der Waals surface area contributed by atoms with E-state index < -0.39 is 0 Å². The van der Waals surface area contributed by atoms with E-state index in [0.29, 0.717) is 12.1 Å². The Morgan fingerprint density at radius 1 is 1.30 bits per heavy atom. The van der Waals surface area contributed by atoms with Crippen LogP contribution in [-0.4, -0.2) is 38.8 Å². The molecule has 4 heteroatoms. The van der Waals surface area contributed by atoms with Gasteiger partial charge in [0.1, 0.15) is 0 Å². The van der Waals surface area contributed by atoms with Crippen molar-refractivity contribution in [2.75, 3.05) is 5.32 Å². The molecule has 0 spiro atoms. The minimum atomic E-state index is 0.622. The van der Waals surface area contributed by atoms with Crippen molar-refractivity contribution in [3.63, 3.8) is 0 Å². The zero-order valence-electron chi connectivity index (χ0n) is 13.3. The Kier molecular flexibility index (Phi) is 3.76. The Labute approximate surface area is 122 Å². The number of piperidine rings is 1. The standard InChI is InChI=1S/C16H28N4/c1-5-15-16(10-19(4)18-15)17-12-8-13-6-7-14(9-12)20(13)11(2)3/h10-14,17H,5-9H2,1-4H3. The van der Waals surface area contributed by atoms with Gasteiger partial charge in [-0.3, -0.25) is 9.58 Å². The minimum absolute atomic E-state index is 0.622. The molecule has 0 saturated carbocycles. The predicted molar refractivity (Wildman–Crippen MR) is 83.0 cm³/mol. The second-order valence-electron chi connectivity index (χ2n) is 6.76. The van der Waals surface area contributed by atoms with Crippen LogP contribution in [0.15, 0.2) is 6.20 Å². The van der Waals surface area contributed by atoms with E-state index in [0.717, 1.165) is 18.5 Å². The zero-order chi connectivity index (χ0) is 14.3. The molecule has 1 aromatic rings. The van der Waals surface area contributed by atoms with Crippen LogP contribution in [0.25, 0.3) is 0 Å². The van der Waals surface area contributed by atoms with Gasteiger partial charge >= 0.3 is 0 Å². The van der Waals surface area contributed by atoms with E-state index in [1.807, 2.05) is 11.7 Å². The maximum absolute atomic E-state index is 4.54. The van der Waals surface area contributed by atoms with Crippen LogP contribution in [0.3, 0.4) is 0 Å². The molecule has 1 N–H and O–H groups in total. The molecule has 0 aliphatic carbocycles. The van der Waals surface area contributed by atoms with E-state index in [1.54, 1.807) is 0 Å². The SMILES string of the molecule is CCc1nn(C)cc1NC1CC2CCC(C1)N2C(C)C. The molecule has 0 radical (unpaired) electrons. The van der Waals surface area contributed by atoms with E-state index in [1.165, 1.54) is 37.1 Å². The Morgan fingerprint density at radius 2 is 1.95 bits per heavy atom. The highest BCUT2D eigenvalue weighted by atomic mass is 15.3. The summed E-state index contributed by atoms with van der Waals surface area (Å²) in [5, 5.41) is 8.31. The van der Waals surface area contributed by atoms with Crippen LogP contribution in [-0.2, 0) is 13.5 Å². The average Bonchev–Trinajstić information content (AvgIpc) is 2.88. The fraction of sp³-hybridized carbons (Fsp3) is 0.812. The Bertz CT molecular complexity index is 451. The van der Waals surface area contributed by atoms with Gasteiger partial charge in [0, 0.05) is 37.4 Å². The van der Waals surface area contributed by atoms with Crippen molar-refractivity contribution < 1.29 is 0 Å². The van der Waals surface area contributed by atoms with Gasteiger partial charge in [-0.05, 0) is 46.0 Å². The number of anilines is 1. The van der Waals surface area contributed by atoms with Gasteiger partial charge in [0.15, 0.2) is 0 Å². The largest absolute Gasteiger partial charge is 0.379 e. The third-order valence-electron chi connectivity index (χ3n) is 4.99. The molecule has 2 unspecified atom stereocenters. The van der Waals surface area contributed by atoms with Crippen LogP contribution in [0.1, 0.15) is 52.1 Å². The molecule has 2 fully saturated rings. The molecule has 0 amide bonds. The third kappa shape index (κ3) is 2.46. The molecule has 2 bridgehead atoms. The first-order chi connectivity index (χ1) is 9.58. The summed E-state index contributed by atoms with van der Waals surface area (Å²) in [6.45, 7) is 6.86. The van der Waals surface area contributed by atoms with E-state index in [2.05, 4.69) is 42.3 Å². The first-order valence-electron chi connectivity index (χ1n) is 8.15. The maximum atomic E-state index is 4.54. The van der Waals surface area contributed by atoms with Crippen molar-refractivity contribution in [1.29, 1.82) is 0 Å². The van der Waals surface area contributed by atoms with Gasteiger partial charge < -0.3 is 5.32 Å². The molecule has 2 aliphatic heterocycles. The van der Waals surface area contributed by atoms with E-state index in [9.17, 15) is 0 Å². The van der Waals surface area contributed by atoms with Gasteiger partial charge in [-0.2, -0.15) is 5.10 Å². The predicted octanol–water partition coefficient (Wildman–Crippen LogP) is 2.80. The topological polar surface area (TPSA) is 33.1 Å². The van der Waals surface area contributed by atoms with Crippen molar-refractivity contribution in [1.82, 2.24) is 14.7 Å². The summed E-state index contributed by atoms with van der Waals surface area (Å²) in [5.41, 5.74) is 2.45. The second kappa shape index (κ2) is 5.40. The molecule has 20 heavy (non-hydrogen) atoms. The number of aryl methyl sites for hydroxylation is 2. The smallest absolute Gasteiger partial charge is 0.0853 e. The van der Waals surface area contributed by atoms with E-state index >= 15 is 0 Å². The van der Waals surface area contributed by atoms with E-state index in [-0.39, 0.29) is 0 Å². The summed E-state index contributed by atoms with van der Waals surface area (Å²) in [4.78, 5) is 2.75. The van der Waals surface area contributed by atoms with Crippen molar-refractivity contribution in [3.05, 3.63) is 11.9 Å². The first kappa shape index (κ1) is 13.9. The molecule has 2 saturated heterocycles. The summed E-state index contributed by atoms with van der Waals surface area (Å²) in [7, 11) is 2.01. The lowest BCUT2D eigenvalue weighted by atomic mass is 9.95. The van der Waals surface area contributed by atoms with Crippen LogP contribution < -0.4 is 5.32 Å². The normalized spacial score (nSPS) is 30.1. The lowest BCUT2D eigenvalue weighted by molar-refractivity contribution is 0.0976. The first-order valence-corrected chi connectivity index (χ1v) is 8.15. The highest BCUT2D eigenvalue weighted by molar-refractivity contribution is 5.47. The Hall–Kier alpha value is -1.03. The average molecular weight is 276 g/mol. The van der Waals surface area contributed by atoms with Gasteiger partial charge in [-0.25, -0.2) is 0 Å². The van der Waals surface area contributed by atoms with Crippen molar-refractivity contribution in [2.45, 2.75) is 77.0 Å². The number of aromatic nitrogens is 2. The van der Waals surface area contributed by atoms with E-state index in [4.69, 9.17) is 0 Å². The van der Waals surface area contributed by atoms with Crippen molar-refractivity contribution in [3.8, 4) is 0 Å². The van der Waals surface area contributed by atoms with Gasteiger partial charge in [0.25, 0.3) is 0 Å². The van der Waals surface area contributed by atoms with Crippen LogP contribution >= 0.6 is 0 Å². The summed E-state index contributed by atoms with van der Waals surface area (Å²) < 4.78 is 1.93. The lowest BCUT2D eigenvalue weighted by Crippen LogP contribution is -2.49. The molecule has 3 rings (SSSR count). The highest BCUT2D eigenvalue weighted by Gasteiger charge is 2.41. The van der Waals surface area contributed by atoms with Gasteiger partial charge in [-0.1, -0.05) is 6.92 Å².